The van der Waals surface area contributed by atoms with Crippen LogP contribution < -0.4 is 10.6 Å². The Balaban J connectivity index is 1.61. The molecule has 0 aliphatic heterocycles. The maximum Gasteiger partial charge on any atom is 0.408 e. The third-order valence-electron chi connectivity index (χ3n) is 7.98. The van der Waals surface area contributed by atoms with E-state index in [0.29, 0.717) is 6.42 Å². The van der Waals surface area contributed by atoms with Crippen molar-refractivity contribution in [3.8, 4) is 0 Å². The third kappa shape index (κ3) is 8.73. The quantitative estimate of drug-likeness (QED) is 0.169. The van der Waals surface area contributed by atoms with Crippen molar-refractivity contribution in [2.24, 2.45) is 5.92 Å². The lowest BCUT2D eigenvalue weighted by Gasteiger charge is -2.33. The number of H-pyrrole nitrogens is 1. The molecule has 5 atom stereocenters. The van der Waals surface area contributed by atoms with Crippen LogP contribution in [0, 0.1) is 5.92 Å². The number of amides is 2. The smallest absolute Gasteiger partial charge is 0.408 e. The first-order chi connectivity index (χ1) is 20.5. The number of hydrogen-bond acceptors (Lipinski definition) is 5. The Labute approximate surface area is 255 Å². The number of carbonyl (C=O) groups excluding carboxylic acids is 2. The van der Waals surface area contributed by atoms with Crippen LogP contribution in [0.25, 0.3) is 10.9 Å². The van der Waals surface area contributed by atoms with Crippen molar-refractivity contribution in [1.29, 1.82) is 0 Å². The molecule has 0 bridgehead atoms. The predicted octanol–water partition coefficient (Wildman–Crippen LogP) is 5.04. The number of carboxylic acids is 2. The van der Waals surface area contributed by atoms with Gasteiger partial charge in [-0.15, -0.1) is 11.6 Å². The standard InChI is InChI=1S/C32H38ClN3O7/c1-32(18-22-19-34-26-13-7-5-11-24(22)26,36-31(42)43-27-14-8-6-12-25(27)33)30(41)35-23(15-20-9-3-2-4-10-20)16-21(29(39)40)17-28(37)38/h2-5,7,9-11,13,19,21,23,25,27,34H,6,8,12,14-18H2,1H3,(H,35,41)(H,36,42)(H,37,38)(H,39,40). The highest BCUT2D eigenvalue weighted by Crippen LogP contribution is 2.27. The van der Waals surface area contributed by atoms with Crippen molar-refractivity contribution < 1.29 is 34.1 Å². The minimum absolute atomic E-state index is 0.0997. The van der Waals surface area contributed by atoms with Gasteiger partial charge in [-0.3, -0.25) is 14.4 Å². The van der Waals surface area contributed by atoms with E-state index in [1.807, 2.05) is 54.6 Å². The summed E-state index contributed by atoms with van der Waals surface area (Å²) < 4.78 is 5.68. The zero-order valence-corrected chi connectivity index (χ0v) is 24.8. The van der Waals surface area contributed by atoms with Gasteiger partial charge < -0.3 is 30.6 Å². The molecule has 1 aromatic heterocycles. The van der Waals surface area contributed by atoms with Crippen molar-refractivity contribution >= 4 is 46.4 Å². The fourth-order valence-electron chi connectivity index (χ4n) is 5.68. The average molecular weight is 612 g/mol. The molecule has 5 N–H and O–H groups in total. The summed E-state index contributed by atoms with van der Waals surface area (Å²) in [6.45, 7) is 1.59. The fourth-order valence-corrected chi connectivity index (χ4v) is 6.01. The lowest BCUT2D eigenvalue weighted by molar-refractivity contribution is -0.148. The van der Waals surface area contributed by atoms with Gasteiger partial charge >= 0.3 is 18.0 Å². The number of fused-ring (bicyclic) bond motifs is 1. The minimum atomic E-state index is -1.51. The first kappa shape index (κ1) is 31.9. The van der Waals surface area contributed by atoms with Crippen molar-refractivity contribution in [1.82, 2.24) is 15.6 Å². The van der Waals surface area contributed by atoms with E-state index in [1.54, 1.807) is 13.1 Å². The highest BCUT2D eigenvalue weighted by molar-refractivity contribution is 6.21. The summed E-state index contributed by atoms with van der Waals surface area (Å²) in [6, 6.07) is 16.1. The maximum absolute atomic E-state index is 14.1. The van der Waals surface area contributed by atoms with E-state index in [0.717, 1.165) is 41.3 Å². The van der Waals surface area contributed by atoms with Crippen LogP contribution >= 0.6 is 11.6 Å². The zero-order valence-electron chi connectivity index (χ0n) is 24.1. The molecule has 1 fully saturated rings. The van der Waals surface area contributed by atoms with Gasteiger partial charge in [0, 0.05) is 29.6 Å². The van der Waals surface area contributed by atoms with Gasteiger partial charge in [0.2, 0.25) is 5.91 Å². The van der Waals surface area contributed by atoms with Crippen molar-refractivity contribution in [3.63, 3.8) is 0 Å². The van der Waals surface area contributed by atoms with Crippen LogP contribution in [0.5, 0.6) is 0 Å². The van der Waals surface area contributed by atoms with E-state index in [1.165, 1.54) is 0 Å². The second kappa shape index (κ2) is 14.4. The maximum atomic E-state index is 14.1. The average Bonchev–Trinajstić information content (AvgIpc) is 3.36. The van der Waals surface area contributed by atoms with Crippen LogP contribution in [0.1, 0.15) is 56.6 Å². The summed E-state index contributed by atoms with van der Waals surface area (Å²) in [4.78, 5) is 53.9. The van der Waals surface area contributed by atoms with Crippen LogP contribution in [-0.2, 0) is 32.0 Å². The van der Waals surface area contributed by atoms with Gasteiger partial charge in [-0.2, -0.15) is 0 Å². The van der Waals surface area contributed by atoms with Crippen LogP contribution in [-0.4, -0.2) is 62.2 Å². The van der Waals surface area contributed by atoms with Gasteiger partial charge in [-0.1, -0.05) is 55.0 Å². The number of aromatic amines is 1. The first-order valence-electron chi connectivity index (χ1n) is 14.5. The lowest BCUT2D eigenvalue weighted by atomic mass is 9.89. The number of carboxylic acid groups (broad SMARTS) is 2. The number of para-hydroxylation sites is 1. The second-order valence-electron chi connectivity index (χ2n) is 11.5. The molecule has 2 amide bonds. The molecular formula is C32H38ClN3O7. The van der Waals surface area contributed by atoms with Gasteiger partial charge in [0.25, 0.3) is 0 Å². The molecule has 1 heterocycles. The Morgan fingerprint density at radius 2 is 1.74 bits per heavy atom. The molecule has 1 aliphatic carbocycles. The molecule has 3 aromatic rings. The van der Waals surface area contributed by atoms with Crippen molar-refractivity contribution in [2.75, 3.05) is 0 Å². The van der Waals surface area contributed by atoms with Crippen LogP contribution in [0.4, 0.5) is 4.79 Å². The van der Waals surface area contributed by atoms with Crippen LogP contribution in [0.3, 0.4) is 0 Å². The van der Waals surface area contributed by atoms with Gasteiger partial charge in [0.05, 0.1) is 17.7 Å². The molecule has 5 unspecified atom stereocenters. The number of rotatable bonds is 13. The number of aromatic nitrogens is 1. The number of halogens is 1. The van der Waals surface area contributed by atoms with E-state index in [9.17, 15) is 29.4 Å². The highest BCUT2D eigenvalue weighted by atomic mass is 35.5. The number of ether oxygens (including phenoxy) is 1. The molecule has 2 aromatic carbocycles. The number of alkyl carbamates (subject to hydrolysis) is 1. The van der Waals surface area contributed by atoms with Gasteiger partial charge in [0.15, 0.2) is 0 Å². The van der Waals surface area contributed by atoms with Gasteiger partial charge in [-0.05, 0) is 56.2 Å². The number of carbonyl (C=O) groups is 4. The highest BCUT2D eigenvalue weighted by Gasteiger charge is 2.39. The normalized spacial score (nSPS) is 19.5. The van der Waals surface area contributed by atoms with Gasteiger partial charge in [0.1, 0.15) is 11.6 Å². The SMILES string of the molecule is CC(Cc1c[nH]c2ccccc12)(NC(=O)OC1CCCCC1Cl)C(=O)NC(Cc1ccccc1)CC(CC(=O)O)C(=O)O. The molecule has 4 rings (SSSR count). The molecule has 10 nitrogen and oxygen atoms in total. The van der Waals surface area contributed by atoms with Crippen LogP contribution in [0.2, 0.25) is 0 Å². The first-order valence-corrected chi connectivity index (χ1v) is 14.9. The van der Waals surface area contributed by atoms with Crippen molar-refractivity contribution in [2.45, 2.75) is 81.4 Å². The molecule has 0 radical (unpaired) electrons. The van der Waals surface area contributed by atoms with E-state index >= 15 is 0 Å². The predicted molar refractivity (Wildman–Crippen MR) is 162 cm³/mol. The summed E-state index contributed by atoms with van der Waals surface area (Å²) >= 11 is 6.42. The molecule has 11 heteroatoms. The molecule has 0 spiro atoms. The van der Waals surface area contributed by atoms with Crippen LogP contribution in [0.15, 0.2) is 60.8 Å². The summed E-state index contributed by atoms with van der Waals surface area (Å²) in [5, 5.41) is 25.3. The summed E-state index contributed by atoms with van der Waals surface area (Å²) in [6.07, 6.45) is 3.39. The largest absolute Gasteiger partial charge is 0.481 e. The Morgan fingerprint density at radius 3 is 2.44 bits per heavy atom. The van der Waals surface area contributed by atoms with E-state index < -0.39 is 54.0 Å². The summed E-state index contributed by atoms with van der Waals surface area (Å²) in [5.74, 6) is -4.29. The molecule has 43 heavy (non-hydrogen) atoms. The minimum Gasteiger partial charge on any atom is -0.481 e. The molecule has 230 valence electrons. The molecular weight excluding hydrogens is 574 g/mol. The van der Waals surface area contributed by atoms with Crippen molar-refractivity contribution in [3.05, 3.63) is 71.9 Å². The second-order valence-corrected chi connectivity index (χ2v) is 12.0. The van der Waals surface area contributed by atoms with E-state index in [2.05, 4.69) is 15.6 Å². The Bertz CT molecular complexity index is 1430. The van der Waals surface area contributed by atoms with E-state index in [-0.39, 0.29) is 24.6 Å². The fraction of sp³-hybridized carbons (Fsp3) is 0.438. The zero-order chi connectivity index (χ0) is 31.0. The Kier molecular flexibility index (Phi) is 10.7. The number of benzene rings is 2. The topological polar surface area (TPSA) is 158 Å². The number of aliphatic carboxylic acids is 2. The molecule has 1 aliphatic rings. The Hall–Kier alpha value is -4.05. The lowest BCUT2D eigenvalue weighted by Crippen LogP contribution is -2.60. The monoisotopic (exact) mass is 611 g/mol. The third-order valence-corrected chi connectivity index (χ3v) is 8.48. The molecule has 0 saturated heterocycles. The van der Waals surface area contributed by atoms with Gasteiger partial charge in [-0.25, -0.2) is 4.79 Å². The summed E-state index contributed by atoms with van der Waals surface area (Å²) in [5.41, 5.74) is 0.979. The number of nitrogens with one attached hydrogen (secondary N) is 3. The Morgan fingerprint density at radius 1 is 1.05 bits per heavy atom. The van der Waals surface area contributed by atoms with E-state index in [4.69, 9.17) is 16.3 Å². The summed E-state index contributed by atoms with van der Waals surface area (Å²) in [7, 11) is 0. The molecule has 1 saturated carbocycles. The number of alkyl halides is 1. The number of hydrogen-bond donors (Lipinski definition) is 5.